The zero-order valence-corrected chi connectivity index (χ0v) is 16.7. The Bertz CT molecular complexity index is 926. The molecule has 138 valence electrons. The van der Waals surface area contributed by atoms with Gasteiger partial charge in [-0.1, -0.05) is 57.3 Å². The van der Waals surface area contributed by atoms with Gasteiger partial charge in [0.05, 0.1) is 6.54 Å². The van der Waals surface area contributed by atoms with E-state index in [9.17, 15) is 0 Å². The molecule has 0 spiro atoms. The first-order chi connectivity index (χ1) is 13.1. The summed E-state index contributed by atoms with van der Waals surface area (Å²) in [5, 5.41) is 0. The average Bonchev–Trinajstić information content (AvgIpc) is 3.07. The van der Waals surface area contributed by atoms with E-state index in [1.54, 1.807) is 0 Å². The maximum Gasteiger partial charge on any atom is 0.249 e. The quantitative estimate of drug-likeness (QED) is 0.463. The van der Waals surface area contributed by atoms with E-state index in [-0.39, 0.29) is 0 Å². The predicted molar refractivity (Wildman–Crippen MR) is 116 cm³/mol. The van der Waals surface area contributed by atoms with Crippen molar-refractivity contribution in [2.75, 3.05) is 0 Å². The van der Waals surface area contributed by atoms with Crippen LogP contribution >= 0.6 is 0 Å². The number of nitrogens with zero attached hydrogens (tertiary/aromatic N) is 2. The van der Waals surface area contributed by atoms with Gasteiger partial charge in [-0.2, -0.15) is 4.57 Å². The second kappa shape index (κ2) is 8.22. The van der Waals surface area contributed by atoms with Crippen LogP contribution in [0.3, 0.4) is 0 Å². The summed E-state index contributed by atoms with van der Waals surface area (Å²) in [5.74, 6) is 0.665. The summed E-state index contributed by atoms with van der Waals surface area (Å²) in [5.41, 5.74) is 7.15. The first kappa shape index (κ1) is 18.9. The van der Waals surface area contributed by atoms with Crippen molar-refractivity contribution in [2.24, 2.45) is 5.92 Å². The summed E-state index contributed by atoms with van der Waals surface area (Å²) in [4.78, 5) is 0. The van der Waals surface area contributed by atoms with Gasteiger partial charge in [-0.3, -0.25) is 0 Å². The topological polar surface area (TPSA) is 8.81 Å². The lowest BCUT2D eigenvalue weighted by Gasteiger charge is -2.05. The smallest absolute Gasteiger partial charge is 0.229 e. The van der Waals surface area contributed by atoms with Gasteiger partial charge in [0.2, 0.25) is 6.33 Å². The molecule has 0 fully saturated rings. The molecule has 1 aromatic heterocycles. The van der Waals surface area contributed by atoms with E-state index in [4.69, 9.17) is 0 Å². The van der Waals surface area contributed by atoms with E-state index in [1.165, 1.54) is 16.8 Å². The second-order valence-electron chi connectivity index (χ2n) is 7.30. The summed E-state index contributed by atoms with van der Waals surface area (Å²) in [7, 11) is 0. The Morgan fingerprint density at radius 3 is 2.15 bits per heavy atom. The first-order valence-corrected chi connectivity index (χ1v) is 9.66. The number of aryl methyl sites for hydroxylation is 1. The third kappa shape index (κ3) is 3.95. The molecule has 0 unspecified atom stereocenters. The van der Waals surface area contributed by atoms with Crippen molar-refractivity contribution in [2.45, 2.75) is 33.7 Å². The molecule has 0 radical (unpaired) electrons. The van der Waals surface area contributed by atoms with Crippen LogP contribution in [-0.2, 0) is 13.0 Å². The molecule has 0 aliphatic heterocycles. The molecule has 3 aromatic rings. The van der Waals surface area contributed by atoms with Gasteiger partial charge in [-0.05, 0) is 60.7 Å². The minimum Gasteiger partial charge on any atom is -0.229 e. The second-order valence-corrected chi connectivity index (χ2v) is 7.30. The van der Waals surface area contributed by atoms with Crippen LogP contribution in [0.15, 0.2) is 68.0 Å². The van der Waals surface area contributed by atoms with Gasteiger partial charge < -0.3 is 0 Å². The molecular formula is C25H29N2+. The largest absolute Gasteiger partial charge is 0.249 e. The fourth-order valence-corrected chi connectivity index (χ4v) is 3.52. The molecule has 0 aliphatic carbocycles. The van der Waals surface area contributed by atoms with Crippen LogP contribution in [0.25, 0.3) is 29.1 Å². The Morgan fingerprint density at radius 1 is 0.963 bits per heavy atom. The Morgan fingerprint density at radius 2 is 1.63 bits per heavy atom. The fourth-order valence-electron chi connectivity index (χ4n) is 3.52. The zero-order chi connectivity index (χ0) is 19.4. The monoisotopic (exact) mass is 357 g/mol. The molecule has 2 nitrogen and oxygen atoms in total. The molecular weight excluding hydrogens is 328 g/mol. The van der Waals surface area contributed by atoms with Gasteiger partial charge in [0.15, 0.2) is 11.4 Å². The number of hydrogen-bond acceptors (Lipinski definition) is 0. The molecule has 0 aliphatic rings. The molecule has 2 heteroatoms. The highest BCUT2D eigenvalue weighted by atomic mass is 15.1. The molecule has 0 saturated heterocycles. The van der Waals surface area contributed by atoms with Crippen molar-refractivity contribution in [1.29, 1.82) is 0 Å². The van der Waals surface area contributed by atoms with Crippen LogP contribution in [-0.4, -0.2) is 4.57 Å². The lowest BCUT2D eigenvalue weighted by atomic mass is 10.0. The number of imidazole rings is 1. The maximum absolute atomic E-state index is 4.09. The Labute approximate surface area is 163 Å². The van der Waals surface area contributed by atoms with Gasteiger partial charge in [0.1, 0.15) is 5.69 Å². The average molecular weight is 358 g/mol. The van der Waals surface area contributed by atoms with Crippen LogP contribution in [0.4, 0.5) is 0 Å². The Hall–Kier alpha value is -2.87. The summed E-state index contributed by atoms with van der Waals surface area (Å²) < 4.78 is 4.51. The van der Waals surface area contributed by atoms with Crippen LogP contribution in [0.2, 0.25) is 0 Å². The summed E-state index contributed by atoms with van der Waals surface area (Å²) in [6.45, 7) is 15.5. The van der Waals surface area contributed by atoms with Crippen LogP contribution in [0.5, 0.6) is 0 Å². The van der Waals surface area contributed by atoms with Crippen molar-refractivity contribution in [3.05, 3.63) is 84.8 Å². The normalized spacial score (nSPS) is 11.0. The van der Waals surface area contributed by atoms with E-state index in [2.05, 4.69) is 97.9 Å². The van der Waals surface area contributed by atoms with Crippen molar-refractivity contribution in [3.63, 3.8) is 0 Å². The van der Waals surface area contributed by atoms with E-state index in [0.717, 1.165) is 29.9 Å². The van der Waals surface area contributed by atoms with Gasteiger partial charge in [0, 0.05) is 5.56 Å². The van der Waals surface area contributed by atoms with Crippen LogP contribution in [0, 0.1) is 5.92 Å². The predicted octanol–water partition coefficient (Wildman–Crippen LogP) is 5.94. The SMILES string of the molecule is C=Cc1ccc(-c2c(C=C)n(-c3ccc(CC(C)C)cc3)c[n+]2CC)cc1. The van der Waals surface area contributed by atoms with Crippen molar-refractivity contribution < 1.29 is 4.57 Å². The summed E-state index contributed by atoms with van der Waals surface area (Å²) in [6.07, 6.45) is 7.10. The van der Waals surface area contributed by atoms with Crippen LogP contribution in [0.1, 0.15) is 37.6 Å². The first-order valence-electron chi connectivity index (χ1n) is 9.66. The third-order valence-electron chi connectivity index (χ3n) is 4.86. The summed E-state index contributed by atoms with van der Waals surface area (Å²) in [6, 6.07) is 17.4. The molecule has 0 bridgehead atoms. The lowest BCUT2D eigenvalue weighted by Crippen LogP contribution is -2.32. The van der Waals surface area contributed by atoms with Crippen molar-refractivity contribution in [3.8, 4) is 16.9 Å². The van der Waals surface area contributed by atoms with Gasteiger partial charge in [-0.25, -0.2) is 4.57 Å². The molecule has 2 aromatic carbocycles. The fraction of sp³-hybridized carbons (Fsp3) is 0.240. The number of hydrogen-bond donors (Lipinski definition) is 0. The van der Waals surface area contributed by atoms with E-state index < -0.39 is 0 Å². The van der Waals surface area contributed by atoms with Crippen molar-refractivity contribution >= 4 is 12.2 Å². The molecule has 27 heavy (non-hydrogen) atoms. The highest BCUT2D eigenvalue weighted by Crippen LogP contribution is 2.25. The minimum atomic E-state index is 0.665. The molecule has 3 rings (SSSR count). The zero-order valence-electron chi connectivity index (χ0n) is 16.7. The van der Waals surface area contributed by atoms with Crippen LogP contribution < -0.4 is 4.57 Å². The standard InChI is InChI=1S/C25H29N2/c1-6-20-9-13-22(14-10-20)25-24(7-2)27(18-26(25)8-3)23-15-11-21(12-16-23)17-19(4)5/h6-7,9-16,18-19H,1-2,8,17H2,3-5H3/q+1. The number of rotatable bonds is 7. The Kier molecular flexibility index (Phi) is 5.75. The lowest BCUT2D eigenvalue weighted by molar-refractivity contribution is -0.682. The summed E-state index contributed by atoms with van der Waals surface area (Å²) >= 11 is 0. The Balaban J connectivity index is 2.07. The molecule has 0 saturated carbocycles. The maximum atomic E-state index is 4.09. The van der Waals surface area contributed by atoms with E-state index in [1.807, 2.05) is 12.2 Å². The van der Waals surface area contributed by atoms with E-state index >= 15 is 0 Å². The number of aromatic nitrogens is 2. The van der Waals surface area contributed by atoms with Gasteiger partial charge in [-0.15, -0.1) is 0 Å². The molecule has 1 heterocycles. The number of benzene rings is 2. The van der Waals surface area contributed by atoms with E-state index in [0.29, 0.717) is 5.92 Å². The minimum absolute atomic E-state index is 0.665. The highest BCUT2D eigenvalue weighted by Gasteiger charge is 2.23. The van der Waals surface area contributed by atoms with Gasteiger partial charge in [0.25, 0.3) is 0 Å². The molecule has 0 amide bonds. The van der Waals surface area contributed by atoms with Gasteiger partial charge >= 0.3 is 0 Å². The van der Waals surface area contributed by atoms with Crippen molar-refractivity contribution in [1.82, 2.24) is 4.57 Å². The highest BCUT2D eigenvalue weighted by molar-refractivity contribution is 5.69. The molecule has 0 atom stereocenters. The third-order valence-corrected chi connectivity index (χ3v) is 4.86. The molecule has 0 N–H and O–H groups in total.